The molecule has 6 nitrogen and oxygen atoms in total. The van der Waals surface area contributed by atoms with E-state index in [-0.39, 0.29) is 21.5 Å². The first-order valence-corrected chi connectivity index (χ1v) is 8.40. The van der Waals surface area contributed by atoms with Gasteiger partial charge in [0.05, 0.1) is 21.5 Å². The maximum Gasteiger partial charge on any atom is 0.258 e. The van der Waals surface area contributed by atoms with Crippen LogP contribution in [0, 0.1) is 0 Å². The van der Waals surface area contributed by atoms with Crippen LogP contribution < -0.4 is 5.48 Å². The lowest BCUT2D eigenvalue weighted by Crippen LogP contribution is -2.40. The molecule has 21 heavy (non-hydrogen) atoms. The van der Waals surface area contributed by atoms with Gasteiger partial charge < -0.3 is 0 Å². The highest BCUT2D eigenvalue weighted by Crippen LogP contribution is 2.26. The third-order valence-electron chi connectivity index (χ3n) is 2.73. The Morgan fingerprint density at radius 2 is 2.00 bits per heavy atom. The van der Waals surface area contributed by atoms with Gasteiger partial charge in [-0.1, -0.05) is 36.5 Å². The van der Waals surface area contributed by atoms with E-state index in [1.54, 1.807) is 0 Å². The molecule has 118 valence electrons. The Labute approximate surface area is 133 Å². The van der Waals surface area contributed by atoms with E-state index in [4.69, 9.17) is 28.4 Å². The predicted molar refractivity (Wildman–Crippen MR) is 80.1 cm³/mol. The third-order valence-corrected chi connectivity index (χ3v) is 5.31. The number of rotatable bonds is 7. The molecule has 2 N–H and O–H groups in total. The Bertz CT molecular complexity index is 607. The summed E-state index contributed by atoms with van der Waals surface area (Å²) in [5.74, 6) is -0.810. The molecular weight excluding hydrogens is 339 g/mol. The second kappa shape index (κ2) is 7.95. The van der Waals surface area contributed by atoms with Crippen LogP contribution in [0.3, 0.4) is 0 Å². The Morgan fingerprint density at radius 3 is 2.52 bits per heavy atom. The zero-order valence-corrected chi connectivity index (χ0v) is 13.7. The summed E-state index contributed by atoms with van der Waals surface area (Å²) in [5, 5.41) is 8.92. The number of hydroxylamine groups is 1. The van der Waals surface area contributed by atoms with Crippen LogP contribution in [0.4, 0.5) is 0 Å². The van der Waals surface area contributed by atoms with E-state index in [9.17, 15) is 13.2 Å². The fourth-order valence-corrected chi connectivity index (χ4v) is 3.42. The molecule has 0 saturated heterocycles. The first-order chi connectivity index (χ1) is 9.82. The molecule has 0 heterocycles. The van der Waals surface area contributed by atoms with Gasteiger partial charge in [0.25, 0.3) is 5.91 Å². The molecule has 0 atom stereocenters. The molecule has 0 aliphatic heterocycles. The summed E-state index contributed by atoms with van der Waals surface area (Å²) in [4.78, 5) is 11.2. The smallest absolute Gasteiger partial charge is 0.258 e. The van der Waals surface area contributed by atoms with E-state index in [0.717, 1.165) is 10.7 Å². The topological polar surface area (TPSA) is 86.7 Å². The monoisotopic (exact) mass is 354 g/mol. The number of hydrogen-bond acceptors (Lipinski definition) is 4. The van der Waals surface area contributed by atoms with Crippen LogP contribution in [0.1, 0.15) is 19.8 Å². The van der Waals surface area contributed by atoms with Crippen molar-refractivity contribution in [2.24, 2.45) is 0 Å². The SMILES string of the molecule is CCCCN(CC(=O)NO)S(=O)(=O)c1ccc(Cl)c(Cl)c1. The predicted octanol–water partition coefficient (Wildman–Crippen LogP) is 2.29. The van der Waals surface area contributed by atoms with Crippen LogP contribution in [0.2, 0.25) is 10.0 Å². The van der Waals surface area contributed by atoms with Crippen molar-refractivity contribution in [2.75, 3.05) is 13.1 Å². The molecule has 9 heteroatoms. The largest absolute Gasteiger partial charge is 0.289 e. The van der Waals surface area contributed by atoms with Gasteiger partial charge in [-0.3, -0.25) is 10.0 Å². The number of hydrogen-bond donors (Lipinski definition) is 2. The lowest BCUT2D eigenvalue weighted by atomic mass is 10.3. The summed E-state index contributed by atoms with van der Waals surface area (Å²) >= 11 is 11.6. The Balaban J connectivity index is 3.12. The fourth-order valence-electron chi connectivity index (χ4n) is 1.60. The average Bonchev–Trinajstić information content (AvgIpc) is 2.45. The lowest BCUT2D eigenvalue weighted by molar-refractivity contribution is -0.129. The first-order valence-electron chi connectivity index (χ1n) is 6.21. The Kier molecular flexibility index (Phi) is 6.89. The number of amides is 1. The normalized spacial score (nSPS) is 11.7. The molecule has 0 radical (unpaired) electrons. The van der Waals surface area contributed by atoms with Crippen LogP contribution in [-0.4, -0.2) is 36.9 Å². The Hall–Kier alpha value is -0.860. The highest BCUT2D eigenvalue weighted by molar-refractivity contribution is 7.89. The standard InChI is InChI=1S/C12H16Cl2N2O4S/c1-2-3-6-16(8-12(17)15-18)21(19,20)9-4-5-10(13)11(14)7-9/h4-5,7,18H,2-3,6,8H2,1H3,(H,15,17). The zero-order chi connectivity index (χ0) is 16.0. The lowest BCUT2D eigenvalue weighted by Gasteiger charge is -2.21. The summed E-state index contributed by atoms with van der Waals surface area (Å²) in [5.41, 5.74) is 1.42. The summed E-state index contributed by atoms with van der Waals surface area (Å²) in [6, 6.07) is 3.93. The van der Waals surface area contributed by atoms with Gasteiger partial charge in [-0.25, -0.2) is 13.9 Å². The number of sulfonamides is 1. The second-order valence-electron chi connectivity index (χ2n) is 4.30. The molecule has 0 saturated carbocycles. The van der Waals surface area contributed by atoms with Crippen molar-refractivity contribution in [3.05, 3.63) is 28.2 Å². The number of nitrogens with one attached hydrogen (secondary N) is 1. The summed E-state index contributed by atoms with van der Waals surface area (Å²) in [7, 11) is -3.90. The van der Waals surface area contributed by atoms with Gasteiger partial charge >= 0.3 is 0 Å². The van der Waals surface area contributed by atoms with Crippen LogP contribution in [-0.2, 0) is 14.8 Å². The minimum absolute atomic E-state index is 0.0567. The highest BCUT2D eigenvalue weighted by Gasteiger charge is 2.26. The zero-order valence-electron chi connectivity index (χ0n) is 11.3. The van der Waals surface area contributed by atoms with E-state index >= 15 is 0 Å². The minimum atomic E-state index is -3.90. The van der Waals surface area contributed by atoms with E-state index in [2.05, 4.69) is 0 Å². The quantitative estimate of drug-likeness (QED) is 0.580. The van der Waals surface area contributed by atoms with Crippen LogP contribution in [0.5, 0.6) is 0 Å². The van der Waals surface area contributed by atoms with Crippen molar-refractivity contribution in [3.8, 4) is 0 Å². The molecule has 0 aliphatic rings. The number of unbranched alkanes of at least 4 members (excludes halogenated alkanes) is 1. The van der Waals surface area contributed by atoms with Crippen molar-refractivity contribution in [3.63, 3.8) is 0 Å². The number of halogens is 2. The highest BCUT2D eigenvalue weighted by atomic mass is 35.5. The van der Waals surface area contributed by atoms with Crippen molar-refractivity contribution in [1.29, 1.82) is 0 Å². The Morgan fingerprint density at radius 1 is 1.33 bits per heavy atom. The summed E-state index contributed by atoms with van der Waals surface area (Å²) in [6.45, 7) is 1.58. The molecule has 0 bridgehead atoms. The van der Waals surface area contributed by atoms with Gasteiger partial charge in [0.15, 0.2) is 0 Å². The van der Waals surface area contributed by atoms with Crippen LogP contribution in [0.15, 0.2) is 23.1 Å². The molecule has 1 aromatic rings. The van der Waals surface area contributed by atoms with Crippen LogP contribution >= 0.6 is 23.2 Å². The van der Waals surface area contributed by atoms with E-state index in [0.29, 0.717) is 6.42 Å². The molecule has 1 aromatic carbocycles. The maximum atomic E-state index is 12.5. The molecule has 0 spiro atoms. The van der Waals surface area contributed by atoms with Gasteiger partial charge in [-0.05, 0) is 24.6 Å². The minimum Gasteiger partial charge on any atom is -0.289 e. The van der Waals surface area contributed by atoms with E-state index < -0.39 is 22.5 Å². The number of carbonyl (C=O) groups is 1. The van der Waals surface area contributed by atoms with Crippen molar-refractivity contribution in [1.82, 2.24) is 9.79 Å². The number of carbonyl (C=O) groups excluding carboxylic acids is 1. The fraction of sp³-hybridized carbons (Fsp3) is 0.417. The van der Waals surface area contributed by atoms with Gasteiger partial charge in [-0.2, -0.15) is 4.31 Å². The molecule has 1 amide bonds. The molecule has 0 aliphatic carbocycles. The first kappa shape index (κ1) is 18.2. The number of nitrogens with zero attached hydrogens (tertiary/aromatic N) is 1. The summed E-state index contributed by atoms with van der Waals surface area (Å²) in [6.07, 6.45) is 1.34. The van der Waals surface area contributed by atoms with E-state index in [1.165, 1.54) is 23.7 Å². The van der Waals surface area contributed by atoms with Gasteiger partial charge in [0.1, 0.15) is 0 Å². The summed E-state index contributed by atoms with van der Waals surface area (Å²) < 4.78 is 26.0. The molecule has 0 fully saturated rings. The van der Waals surface area contributed by atoms with Crippen molar-refractivity contribution < 1.29 is 18.4 Å². The maximum absolute atomic E-state index is 12.5. The second-order valence-corrected chi connectivity index (χ2v) is 7.06. The average molecular weight is 355 g/mol. The molecule has 1 rings (SSSR count). The molecule has 0 unspecified atom stereocenters. The van der Waals surface area contributed by atoms with Gasteiger partial charge in [-0.15, -0.1) is 0 Å². The van der Waals surface area contributed by atoms with Crippen LogP contribution in [0.25, 0.3) is 0 Å². The third kappa shape index (κ3) is 4.82. The van der Waals surface area contributed by atoms with Crippen molar-refractivity contribution >= 4 is 39.1 Å². The van der Waals surface area contributed by atoms with Gasteiger partial charge in [0.2, 0.25) is 10.0 Å². The van der Waals surface area contributed by atoms with E-state index in [1.807, 2.05) is 6.92 Å². The van der Waals surface area contributed by atoms with Crippen molar-refractivity contribution in [2.45, 2.75) is 24.7 Å². The van der Waals surface area contributed by atoms with Gasteiger partial charge in [0, 0.05) is 6.54 Å². The number of benzene rings is 1. The molecular formula is C12H16Cl2N2O4S. The molecule has 0 aromatic heterocycles.